The van der Waals surface area contributed by atoms with Crippen LogP contribution in [0.1, 0.15) is 38.4 Å². The van der Waals surface area contributed by atoms with Gasteiger partial charge in [-0.3, -0.25) is 4.90 Å². The predicted octanol–water partition coefficient (Wildman–Crippen LogP) is 6.17. The number of hydrogen-bond acceptors (Lipinski definition) is 3. The van der Waals surface area contributed by atoms with Gasteiger partial charge in [0.1, 0.15) is 18.4 Å². The van der Waals surface area contributed by atoms with Gasteiger partial charge in [-0.05, 0) is 81.3 Å². The van der Waals surface area contributed by atoms with Crippen LogP contribution in [0.15, 0.2) is 59.6 Å². The van der Waals surface area contributed by atoms with E-state index in [2.05, 4.69) is 40.9 Å². The van der Waals surface area contributed by atoms with Gasteiger partial charge in [0.25, 0.3) is 0 Å². The molecule has 1 atom stereocenters. The zero-order valence-corrected chi connectivity index (χ0v) is 18.4. The standard InChI is InChI=1S/C23H27Cl2N3O/c1-16-15-28(18-7-8-19(24)20(25)14-18)22(21-6-5-9-26-21)23(17(16)2)29-13-12-27-10-3-4-11-27/h5-9,14-15,22,26H,3-4,10-13H2,1-2H3. The second-order valence-corrected chi connectivity index (χ2v) is 8.55. The summed E-state index contributed by atoms with van der Waals surface area (Å²) < 4.78 is 6.45. The van der Waals surface area contributed by atoms with Gasteiger partial charge in [0, 0.05) is 30.3 Å². The third kappa shape index (κ3) is 4.35. The summed E-state index contributed by atoms with van der Waals surface area (Å²) in [5, 5.41) is 1.10. The molecule has 3 heterocycles. The highest BCUT2D eigenvalue weighted by Gasteiger charge is 2.32. The third-order valence-electron chi connectivity index (χ3n) is 5.80. The van der Waals surface area contributed by atoms with Gasteiger partial charge in [0.05, 0.1) is 10.0 Å². The Morgan fingerprint density at radius 2 is 1.90 bits per heavy atom. The van der Waals surface area contributed by atoms with E-state index in [9.17, 15) is 0 Å². The zero-order valence-electron chi connectivity index (χ0n) is 16.9. The molecule has 2 aromatic rings. The SMILES string of the molecule is CC1=CN(c2ccc(Cl)c(Cl)c2)C(c2ccc[nH]2)C(OCCN2CCCC2)=C1C. The molecule has 1 saturated heterocycles. The van der Waals surface area contributed by atoms with Crippen molar-refractivity contribution in [2.75, 3.05) is 31.1 Å². The molecule has 1 fully saturated rings. The normalized spacial score (nSPS) is 20.3. The number of nitrogens with one attached hydrogen (secondary N) is 1. The van der Waals surface area contributed by atoms with E-state index < -0.39 is 0 Å². The van der Waals surface area contributed by atoms with Crippen molar-refractivity contribution in [2.45, 2.75) is 32.7 Å². The van der Waals surface area contributed by atoms with Crippen LogP contribution >= 0.6 is 23.2 Å². The molecule has 0 saturated carbocycles. The quantitative estimate of drug-likeness (QED) is 0.592. The van der Waals surface area contributed by atoms with Crippen LogP contribution in [-0.2, 0) is 4.74 Å². The van der Waals surface area contributed by atoms with E-state index in [1.165, 1.54) is 37.1 Å². The summed E-state index contributed by atoms with van der Waals surface area (Å²) >= 11 is 12.5. The molecular formula is C23H27Cl2N3O. The average Bonchev–Trinajstić information content (AvgIpc) is 3.41. The number of allylic oxidation sites excluding steroid dienone is 2. The number of H-pyrrole nitrogens is 1. The molecule has 29 heavy (non-hydrogen) atoms. The largest absolute Gasteiger partial charge is 0.494 e. The van der Waals surface area contributed by atoms with Crippen LogP contribution in [0.4, 0.5) is 5.69 Å². The van der Waals surface area contributed by atoms with Gasteiger partial charge in [0.15, 0.2) is 0 Å². The van der Waals surface area contributed by atoms with Gasteiger partial charge in [-0.15, -0.1) is 0 Å². The Kier molecular flexibility index (Phi) is 6.23. The van der Waals surface area contributed by atoms with Crippen molar-refractivity contribution < 1.29 is 4.74 Å². The molecule has 0 radical (unpaired) electrons. The fourth-order valence-corrected chi connectivity index (χ4v) is 4.35. The first-order chi connectivity index (χ1) is 14.0. The number of benzene rings is 1. The number of aromatic nitrogens is 1. The summed E-state index contributed by atoms with van der Waals surface area (Å²) in [5.74, 6) is 0.984. The smallest absolute Gasteiger partial charge is 0.131 e. The first-order valence-corrected chi connectivity index (χ1v) is 10.9. The van der Waals surface area contributed by atoms with E-state index in [-0.39, 0.29) is 6.04 Å². The number of ether oxygens (including phenoxy) is 1. The van der Waals surface area contributed by atoms with Crippen molar-refractivity contribution in [1.82, 2.24) is 9.88 Å². The maximum absolute atomic E-state index is 6.45. The molecule has 0 aliphatic carbocycles. The number of anilines is 1. The van der Waals surface area contributed by atoms with Crippen molar-refractivity contribution in [1.29, 1.82) is 0 Å². The molecule has 0 spiro atoms. The topological polar surface area (TPSA) is 31.5 Å². The van der Waals surface area contributed by atoms with Crippen molar-refractivity contribution in [3.63, 3.8) is 0 Å². The van der Waals surface area contributed by atoms with Crippen molar-refractivity contribution in [3.8, 4) is 0 Å². The van der Waals surface area contributed by atoms with Crippen LogP contribution < -0.4 is 4.90 Å². The molecule has 0 bridgehead atoms. The molecule has 4 nitrogen and oxygen atoms in total. The second-order valence-electron chi connectivity index (χ2n) is 7.73. The first kappa shape index (κ1) is 20.4. The Morgan fingerprint density at radius 3 is 2.59 bits per heavy atom. The highest BCUT2D eigenvalue weighted by molar-refractivity contribution is 6.42. The van der Waals surface area contributed by atoms with Gasteiger partial charge in [-0.25, -0.2) is 0 Å². The number of likely N-dealkylation sites (tertiary alicyclic amines) is 1. The lowest BCUT2D eigenvalue weighted by Crippen LogP contribution is -2.32. The van der Waals surface area contributed by atoms with E-state index in [0.29, 0.717) is 16.7 Å². The Bertz CT molecular complexity index is 914. The molecule has 1 aromatic heterocycles. The van der Waals surface area contributed by atoms with Gasteiger partial charge in [-0.1, -0.05) is 23.2 Å². The van der Waals surface area contributed by atoms with Gasteiger partial charge in [0.2, 0.25) is 0 Å². The summed E-state index contributed by atoms with van der Waals surface area (Å²) in [6, 6.07) is 9.78. The monoisotopic (exact) mass is 431 g/mol. The average molecular weight is 432 g/mol. The number of hydrogen-bond donors (Lipinski definition) is 1. The minimum absolute atomic E-state index is 0.0791. The molecular weight excluding hydrogens is 405 g/mol. The Labute approximate surface area is 182 Å². The van der Waals surface area contributed by atoms with Crippen LogP contribution in [-0.4, -0.2) is 36.1 Å². The molecule has 154 valence electrons. The number of aromatic amines is 1. The van der Waals surface area contributed by atoms with Gasteiger partial charge in [-0.2, -0.15) is 0 Å². The van der Waals surface area contributed by atoms with E-state index in [1.54, 1.807) is 0 Å². The zero-order chi connectivity index (χ0) is 20.4. The highest BCUT2D eigenvalue weighted by atomic mass is 35.5. The van der Waals surface area contributed by atoms with Gasteiger partial charge >= 0.3 is 0 Å². The summed E-state index contributed by atoms with van der Waals surface area (Å²) in [7, 11) is 0. The third-order valence-corrected chi connectivity index (χ3v) is 6.54. The number of halogens is 2. The van der Waals surface area contributed by atoms with Crippen molar-refractivity contribution >= 4 is 28.9 Å². The summed E-state index contributed by atoms with van der Waals surface area (Å²) in [4.78, 5) is 8.06. The lowest BCUT2D eigenvalue weighted by atomic mass is 9.97. The van der Waals surface area contributed by atoms with Gasteiger partial charge < -0.3 is 14.6 Å². The lowest BCUT2D eigenvalue weighted by Gasteiger charge is -2.37. The Hall–Kier alpha value is -1.88. The fourth-order valence-electron chi connectivity index (χ4n) is 4.06. The summed E-state index contributed by atoms with van der Waals surface area (Å²) in [6.45, 7) is 8.26. The molecule has 2 aliphatic heterocycles. The molecule has 1 unspecified atom stereocenters. The second kappa shape index (κ2) is 8.86. The molecule has 1 aromatic carbocycles. The Balaban J connectivity index is 1.65. The molecule has 0 amide bonds. The Morgan fingerprint density at radius 1 is 1.10 bits per heavy atom. The lowest BCUT2D eigenvalue weighted by molar-refractivity contribution is 0.155. The highest BCUT2D eigenvalue weighted by Crippen LogP contribution is 2.41. The van der Waals surface area contributed by atoms with Crippen molar-refractivity contribution in [3.05, 3.63) is 75.4 Å². The van der Waals surface area contributed by atoms with Crippen molar-refractivity contribution in [2.24, 2.45) is 0 Å². The number of nitrogens with zero attached hydrogens (tertiary/aromatic N) is 2. The summed E-state index contributed by atoms with van der Waals surface area (Å²) in [5.41, 5.74) is 4.42. The van der Waals surface area contributed by atoms with E-state index in [4.69, 9.17) is 27.9 Å². The summed E-state index contributed by atoms with van der Waals surface area (Å²) in [6.07, 6.45) is 6.69. The predicted molar refractivity (Wildman–Crippen MR) is 121 cm³/mol. The minimum atomic E-state index is -0.0791. The van der Waals surface area contributed by atoms with Crippen LogP contribution in [0.3, 0.4) is 0 Å². The molecule has 6 heteroatoms. The van der Waals surface area contributed by atoms with Crippen LogP contribution in [0.2, 0.25) is 10.0 Å². The molecule has 4 rings (SSSR count). The minimum Gasteiger partial charge on any atom is -0.494 e. The van der Waals surface area contributed by atoms with E-state index in [1.807, 2.05) is 30.5 Å². The maximum Gasteiger partial charge on any atom is 0.131 e. The van der Waals surface area contributed by atoms with Crippen LogP contribution in [0, 0.1) is 0 Å². The van der Waals surface area contributed by atoms with Crippen LogP contribution in [0.5, 0.6) is 0 Å². The fraction of sp³-hybridized carbons (Fsp3) is 0.391. The van der Waals surface area contributed by atoms with E-state index >= 15 is 0 Å². The van der Waals surface area contributed by atoms with E-state index in [0.717, 1.165) is 23.7 Å². The van der Waals surface area contributed by atoms with Crippen LogP contribution in [0.25, 0.3) is 0 Å². The first-order valence-electron chi connectivity index (χ1n) is 10.2. The number of rotatable bonds is 6. The molecule has 1 N–H and O–H groups in total. The molecule has 2 aliphatic rings. The maximum atomic E-state index is 6.45.